The minimum atomic E-state index is -0.458. The van der Waals surface area contributed by atoms with Gasteiger partial charge in [0, 0.05) is 17.3 Å². The molecule has 0 fully saturated rings. The topological polar surface area (TPSA) is 70.1 Å². The van der Waals surface area contributed by atoms with Crippen molar-refractivity contribution >= 4 is 21.8 Å². The Labute approximate surface area is 113 Å². The SMILES string of the molecule is COc1ccc(C(N)=O)cc1Cn1cc(Br)cn1. The molecule has 0 aliphatic carbocycles. The number of hydrogen-bond acceptors (Lipinski definition) is 3. The van der Waals surface area contributed by atoms with Crippen molar-refractivity contribution in [3.05, 3.63) is 46.2 Å². The Bertz CT molecular complexity index is 580. The fraction of sp³-hybridized carbons (Fsp3) is 0.167. The Hall–Kier alpha value is -1.82. The number of nitrogens with zero attached hydrogens (tertiary/aromatic N) is 2. The lowest BCUT2D eigenvalue weighted by Crippen LogP contribution is -2.12. The van der Waals surface area contributed by atoms with Gasteiger partial charge >= 0.3 is 0 Å². The molecule has 1 amide bonds. The molecule has 1 aromatic heterocycles. The van der Waals surface area contributed by atoms with Crippen molar-refractivity contribution in [2.75, 3.05) is 7.11 Å². The van der Waals surface area contributed by atoms with Crippen LogP contribution in [0.1, 0.15) is 15.9 Å². The highest BCUT2D eigenvalue weighted by atomic mass is 79.9. The average molecular weight is 310 g/mol. The molecule has 0 atom stereocenters. The standard InChI is InChI=1S/C12H12BrN3O2/c1-18-11-3-2-8(12(14)17)4-9(11)6-16-7-10(13)5-15-16/h2-5,7H,6H2,1H3,(H2,14,17). The molecule has 2 rings (SSSR count). The van der Waals surface area contributed by atoms with E-state index < -0.39 is 5.91 Å². The largest absolute Gasteiger partial charge is 0.496 e. The summed E-state index contributed by atoms with van der Waals surface area (Å²) in [6, 6.07) is 5.09. The fourth-order valence-electron chi connectivity index (χ4n) is 1.65. The molecule has 0 aliphatic heterocycles. The lowest BCUT2D eigenvalue weighted by atomic mass is 10.1. The first-order chi connectivity index (χ1) is 8.60. The van der Waals surface area contributed by atoms with E-state index in [1.165, 1.54) is 0 Å². The molecule has 1 aromatic carbocycles. The van der Waals surface area contributed by atoms with Gasteiger partial charge in [0.1, 0.15) is 5.75 Å². The summed E-state index contributed by atoms with van der Waals surface area (Å²) < 4.78 is 7.89. The van der Waals surface area contributed by atoms with Crippen LogP contribution in [0.2, 0.25) is 0 Å². The average Bonchev–Trinajstić information content (AvgIpc) is 2.74. The summed E-state index contributed by atoms with van der Waals surface area (Å²) in [6.07, 6.45) is 3.54. The van der Waals surface area contributed by atoms with Crippen molar-refractivity contribution < 1.29 is 9.53 Å². The third kappa shape index (κ3) is 2.70. The van der Waals surface area contributed by atoms with Crippen molar-refractivity contribution in [1.29, 1.82) is 0 Å². The lowest BCUT2D eigenvalue weighted by Gasteiger charge is -2.09. The number of methoxy groups -OCH3 is 1. The first kappa shape index (κ1) is 12.6. The smallest absolute Gasteiger partial charge is 0.248 e. The van der Waals surface area contributed by atoms with Gasteiger partial charge in [-0.1, -0.05) is 0 Å². The van der Waals surface area contributed by atoms with Crippen LogP contribution in [-0.4, -0.2) is 22.8 Å². The Balaban J connectivity index is 2.35. The highest BCUT2D eigenvalue weighted by molar-refractivity contribution is 9.10. The maximum atomic E-state index is 11.2. The minimum Gasteiger partial charge on any atom is -0.496 e. The summed E-state index contributed by atoms with van der Waals surface area (Å²) in [4.78, 5) is 11.2. The third-order valence-electron chi connectivity index (χ3n) is 2.50. The molecule has 6 heteroatoms. The van der Waals surface area contributed by atoms with Crippen LogP contribution in [0.5, 0.6) is 5.75 Å². The van der Waals surface area contributed by atoms with E-state index in [2.05, 4.69) is 21.0 Å². The molecular weight excluding hydrogens is 298 g/mol. The van der Waals surface area contributed by atoms with Crippen LogP contribution in [0.25, 0.3) is 0 Å². The van der Waals surface area contributed by atoms with Gasteiger partial charge in [-0.05, 0) is 34.1 Å². The number of benzene rings is 1. The molecule has 2 N–H and O–H groups in total. The third-order valence-corrected chi connectivity index (χ3v) is 2.91. The summed E-state index contributed by atoms with van der Waals surface area (Å²) >= 11 is 3.33. The van der Waals surface area contributed by atoms with Gasteiger partial charge in [-0.3, -0.25) is 9.48 Å². The minimum absolute atomic E-state index is 0.456. The molecule has 2 aromatic rings. The van der Waals surface area contributed by atoms with Gasteiger partial charge < -0.3 is 10.5 Å². The van der Waals surface area contributed by atoms with E-state index in [0.717, 1.165) is 10.0 Å². The number of rotatable bonds is 4. The Kier molecular flexibility index (Phi) is 3.66. The normalized spacial score (nSPS) is 10.3. The van der Waals surface area contributed by atoms with Gasteiger partial charge in [-0.25, -0.2) is 0 Å². The van der Waals surface area contributed by atoms with Crippen molar-refractivity contribution in [1.82, 2.24) is 9.78 Å². The summed E-state index contributed by atoms with van der Waals surface area (Å²) in [5.74, 6) is 0.243. The Morgan fingerprint density at radius 1 is 1.56 bits per heavy atom. The Morgan fingerprint density at radius 3 is 2.89 bits per heavy atom. The van der Waals surface area contributed by atoms with E-state index in [-0.39, 0.29) is 0 Å². The predicted octanol–water partition coefficient (Wildman–Crippen LogP) is 1.80. The number of amides is 1. The number of primary amides is 1. The highest BCUT2D eigenvalue weighted by Gasteiger charge is 2.09. The number of halogens is 1. The molecule has 0 bridgehead atoms. The number of carbonyl (C=O) groups is 1. The Morgan fingerprint density at radius 2 is 2.33 bits per heavy atom. The van der Waals surface area contributed by atoms with Crippen molar-refractivity contribution in [2.45, 2.75) is 6.54 Å². The van der Waals surface area contributed by atoms with E-state index in [9.17, 15) is 4.79 Å². The first-order valence-electron chi connectivity index (χ1n) is 5.25. The zero-order valence-corrected chi connectivity index (χ0v) is 11.3. The number of nitrogens with two attached hydrogens (primary N) is 1. The maximum absolute atomic E-state index is 11.2. The van der Waals surface area contributed by atoms with Crippen LogP contribution in [0.4, 0.5) is 0 Å². The monoisotopic (exact) mass is 309 g/mol. The van der Waals surface area contributed by atoms with Gasteiger partial charge in [0.2, 0.25) is 5.91 Å². The molecule has 0 saturated heterocycles. The summed E-state index contributed by atoms with van der Waals surface area (Å²) in [5, 5.41) is 4.16. The van der Waals surface area contributed by atoms with Gasteiger partial charge in [-0.2, -0.15) is 5.10 Å². The fourth-order valence-corrected chi connectivity index (χ4v) is 1.98. The van der Waals surface area contributed by atoms with Gasteiger partial charge in [-0.15, -0.1) is 0 Å². The molecule has 0 unspecified atom stereocenters. The molecule has 0 saturated carbocycles. The number of aromatic nitrogens is 2. The molecule has 0 spiro atoms. The van der Waals surface area contributed by atoms with E-state index >= 15 is 0 Å². The molecule has 18 heavy (non-hydrogen) atoms. The van der Waals surface area contributed by atoms with Crippen LogP contribution in [0.15, 0.2) is 35.1 Å². The number of ether oxygens (including phenoxy) is 1. The summed E-state index contributed by atoms with van der Waals surface area (Å²) in [6.45, 7) is 0.510. The molecular formula is C12H12BrN3O2. The van der Waals surface area contributed by atoms with Crippen LogP contribution >= 0.6 is 15.9 Å². The highest BCUT2D eigenvalue weighted by Crippen LogP contribution is 2.21. The molecule has 1 heterocycles. The van der Waals surface area contributed by atoms with Crippen molar-refractivity contribution in [3.63, 3.8) is 0 Å². The first-order valence-corrected chi connectivity index (χ1v) is 6.04. The van der Waals surface area contributed by atoms with E-state index in [0.29, 0.717) is 17.9 Å². The summed E-state index contributed by atoms with van der Waals surface area (Å²) in [5.41, 5.74) is 6.57. The van der Waals surface area contributed by atoms with E-state index in [1.54, 1.807) is 36.2 Å². The predicted molar refractivity (Wildman–Crippen MR) is 70.5 cm³/mol. The molecule has 0 radical (unpaired) electrons. The van der Waals surface area contributed by atoms with E-state index in [1.807, 2.05) is 6.20 Å². The zero-order chi connectivity index (χ0) is 13.1. The van der Waals surface area contributed by atoms with Gasteiger partial charge in [0.15, 0.2) is 0 Å². The second kappa shape index (κ2) is 5.22. The van der Waals surface area contributed by atoms with Crippen LogP contribution < -0.4 is 10.5 Å². The van der Waals surface area contributed by atoms with Crippen LogP contribution in [0.3, 0.4) is 0 Å². The maximum Gasteiger partial charge on any atom is 0.248 e. The molecule has 5 nitrogen and oxygen atoms in total. The second-order valence-corrected chi connectivity index (χ2v) is 4.66. The van der Waals surface area contributed by atoms with Crippen molar-refractivity contribution in [2.24, 2.45) is 5.73 Å². The lowest BCUT2D eigenvalue weighted by molar-refractivity contribution is 0.1000. The van der Waals surface area contributed by atoms with Gasteiger partial charge in [0.05, 0.1) is 24.3 Å². The van der Waals surface area contributed by atoms with Crippen molar-refractivity contribution in [3.8, 4) is 5.75 Å². The summed E-state index contributed by atoms with van der Waals surface area (Å²) in [7, 11) is 1.59. The van der Waals surface area contributed by atoms with Gasteiger partial charge in [0.25, 0.3) is 0 Å². The van der Waals surface area contributed by atoms with E-state index in [4.69, 9.17) is 10.5 Å². The number of hydrogen-bond donors (Lipinski definition) is 1. The van der Waals surface area contributed by atoms with Crippen LogP contribution in [0, 0.1) is 0 Å². The zero-order valence-electron chi connectivity index (χ0n) is 9.76. The second-order valence-electron chi connectivity index (χ2n) is 3.75. The van der Waals surface area contributed by atoms with Crippen LogP contribution in [-0.2, 0) is 6.54 Å². The molecule has 94 valence electrons. The molecule has 0 aliphatic rings. The quantitative estimate of drug-likeness (QED) is 0.936. The number of carbonyl (C=O) groups excluding carboxylic acids is 1.